The van der Waals surface area contributed by atoms with E-state index in [4.69, 9.17) is 24.5 Å². The molecular weight excluding hydrogens is 462 g/mol. The second-order valence-electron chi connectivity index (χ2n) is 9.30. The lowest BCUT2D eigenvalue weighted by atomic mass is 9.90. The normalized spacial score (nSPS) is 17.3. The molecule has 0 atom stereocenters. The molecule has 2 aliphatic rings. The first-order valence-electron chi connectivity index (χ1n) is 12.5. The molecule has 0 spiro atoms. The van der Waals surface area contributed by atoms with Crippen LogP contribution in [0, 0.1) is 11.8 Å². The summed E-state index contributed by atoms with van der Waals surface area (Å²) in [6, 6.07) is 8.39. The number of carboxylic acid groups (broad SMARTS) is 2. The number of aliphatic carboxylic acids is 2. The van der Waals surface area contributed by atoms with Gasteiger partial charge in [0.05, 0.1) is 6.61 Å². The molecule has 9 heteroatoms. The van der Waals surface area contributed by atoms with E-state index in [-0.39, 0.29) is 5.56 Å². The van der Waals surface area contributed by atoms with Gasteiger partial charge in [0, 0.05) is 24.5 Å². The van der Waals surface area contributed by atoms with Gasteiger partial charge in [-0.05, 0) is 56.7 Å². The lowest BCUT2D eigenvalue weighted by molar-refractivity contribution is -0.159. The predicted molar refractivity (Wildman–Crippen MR) is 136 cm³/mol. The molecule has 4 rings (SSSR count). The van der Waals surface area contributed by atoms with Gasteiger partial charge in [-0.25, -0.2) is 9.59 Å². The summed E-state index contributed by atoms with van der Waals surface area (Å²) >= 11 is 0. The molecule has 3 N–H and O–H groups in total. The van der Waals surface area contributed by atoms with E-state index in [1.165, 1.54) is 37.7 Å². The fraction of sp³-hybridized carbons (Fsp3) is 0.481. The summed E-state index contributed by atoms with van der Waals surface area (Å²) in [4.78, 5) is 39.3. The molecule has 2 heterocycles. The van der Waals surface area contributed by atoms with E-state index in [9.17, 15) is 4.79 Å². The zero-order valence-electron chi connectivity index (χ0n) is 20.5. The monoisotopic (exact) mass is 497 g/mol. The number of aromatic amines is 1. The highest BCUT2D eigenvalue weighted by Crippen LogP contribution is 2.27. The van der Waals surface area contributed by atoms with Gasteiger partial charge in [0.15, 0.2) is 0 Å². The lowest BCUT2D eigenvalue weighted by Crippen LogP contribution is -2.34. The van der Waals surface area contributed by atoms with Crippen molar-refractivity contribution in [1.82, 2.24) is 14.9 Å². The Hall–Kier alpha value is -3.46. The Labute approximate surface area is 210 Å². The standard InChI is InChI=1S/C25H33N3O2.C2H2O4/c29-25-23(26-14-15-27-25)18-28-16-12-20(13-17-28)10-11-22-8-4-5-9-24(22)30-19-21-6-2-1-3-7-21;3-1(4)2(5)6/h4-5,8-11,14-15,20-21H,1-3,6-7,12-13,16-19H2,(H,27,29);(H,3,4)(H,5,6). The molecule has 194 valence electrons. The zero-order chi connectivity index (χ0) is 25.8. The van der Waals surface area contributed by atoms with Crippen molar-refractivity contribution in [1.29, 1.82) is 0 Å². The van der Waals surface area contributed by atoms with Crippen LogP contribution in [0.2, 0.25) is 0 Å². The molecule has 1 aromatic heterocycles. The van der Waals surface area contributed by atoms with Crippen molar-refractivity contribution in [2.75, 3.05) is 19.7 Å². The topological polar surface area (TPSA) is 133 Å². The van der Waals surface area contributed by atoms with Gasteiger partial charge in [-0.15, -0.1) is 0 Å². The van der Waals surface area contributed by atoms with E-state index in [1.54, 1.807) is 12.4 Å². The maximum atomic E-state index is 11.8. The minimum absolute atomic E-state index is 0.0793. The smallest absolute Gasteiger partial charge is 0.414 e. The van der Waals surface area contributed by atoms with Crippen LogP contribution in [0.1, 0.15) is 56.2 Å². The van der Waals surface area contributed by atoms with Crippen molar-refractivity contribution >= 4 is 18.0 Å². The van der Waals surface area contributed by atoms with Crippen LogP contribution >= 0.6 is 0 Å². The third kappa shape index (κ3) is 8.96. The number of ether oxygens (including phenoxy) is 1. The van der Waals surface area contributed by atoms with Crippen molar-refractivity contribution in [3.63, 3.8) is 0 Å². The second-order valence-corrected chi connectivity index (χ2v) is 9.30. The second kappa shape index (κ2) is 14.2. The Morgan fingerprint density at radius 1 is 1.06 bits per heavy atom. The summed E-state index contributed by atoms with van der Waals surface area (Å²) in [5.74, 6) is -1.36. The summed E-state index contributed by atoms with van der Waals surface area (Å²) in [5, 5.41) is 14.8. The quantitative estimate of drug-likeness (QED) is 0.492. The predicted octanol–water partition coefficient (Wildman–Crippen LogP) is 3.81. The van der Waals surface area contributed by atoms with Crippen LogP contribution in [0.5, 0.6) is 5.75 Å². The number of piperidine rings is 1. The number of allylic oxidation sites excluding steroid dienone is 1. The summed E-state index contributed by atoms with van der Waals surface area (Å²) in [6.07, 6.45) is 16.7. The number of nitrogens with zero attached hydrogens (tertiary/aromatic N) is 2. The van der Waals surface area contributed by atoms with E-state index in [0.29, 0.717) is 24.1 Å². The van der Waals surface area contributed by atoms with Crippen LogP contribution in [0.15, 0.2) is 47.5 Å². The molecule has 0 amide bonds. The number of benzene rings is 1. The SMILES string of the molecule is O=C(O)C(=O)O.O=c1[nH]ccnc1CN1CCC(C=Cc2ccccc2OCC2CCCCC2)CC1. The van der Waals surface area contributed by atoms with E-state index in [1.807, 2.05) is 0 Å². The van der Waals surface area contributed by atoms with Crippen LogP contribution in [-0.2, 0) is 16.1 Å². The molecule has 2 aromatic rings. The molecule has 1 saturated heterocycles. The van der Waals surface area contributed by atoms with E-state index in [2.05, 4.69) is 51.3 Å². The molecule has 2 fully saturated rings. The average molecular weight is 498 g/mol. The van der Waals surface area contributed by atoms with E-state index in [0.717, 1.165) is 38.3 Å². The fourth-order valence-electron chi connectivity index (χ4n) is 4.56. The molecule has 9 nitrogen and oxygen atoms in total. The Balaban J connectivity index is 0.000000538. The average Bonchev–Trinajstić information content (AvgIpc) is 2.90. The fourth-order valence-corrected chi connectivity index (χ4v) is 4.56. The minimum Gasteiger partial charge on any atom is -0.493 e. The summed E-state index contributed by atoms with van der Waals surface area (Å²) < 4.78 is 6.21. The number of para-hydroxylation sites is 1. The number of rotatable bonds is 7. The van der Waals surface area contributed by atoms with Gasteiger partial charge in [-0.2, -0.15) is 0 Å². The molecule has 1 aliphatic heterocycles. The van der Waals surface area contributed by atoms with Gasteiger partial charge in [-0.1, -0.05) is 49.6 Å². The number of aromatic nitrogens is 2. The van der Waals surface area contributed by atoms with Gasteiger partial charge < -0.3 is 19.9 Å². The van der Waals surface area contributed by atoms with Gasteiger partial charge in [0.2, 0.25) is 0 Å². The first-order valence-corrected chi connectivity index (χ1v) is 12.5. The maximum Gasteiger partial charge on any atom is 0.414 e. The first kappa shape index (κ1) is 27.1. The van der Waals surface area contributed by atoms with Crippen molar-refractivity contribution in [3.05, 3.63) is 64.3 Å². The number of hydrogen-bond donors (Lipinski definition) is 3. The lowest BCUT2D eigenvalue weighted by Gasteiger charge is -2.30. The summed E-state index contributed by atoms with van der Waals surface area (Å²) in [5.41, 5.74) is 1.70. The molecule has 0 bridgehead atoms. The van der Waals surface area contributed by atoms with E-state index >= 15 is 0 Å². The van der Waals surface area contributed by atoms with Crippen LogP contribution in [-0.4, -0.2) is 56.7 Å². The summed E-state index contributed by atoms with van der Waals surface area (Å²) in [7, 11) is 0. The van der Waals surface area contributed by atoms with Crippen molar-refractivity contribution in [2.45, 2.75) is 51.5 Å². The van der Waals surface area contributed by atoms with Crippen LogP contribution in [0.25, 0.3) is 6.08 Å². The van der Waals surface area contributed by atoms with Crippen LogP contribution in [0.4, 0.5) is 0 Å². The molecule has 1 aromatic carbocycles. The van der Waals surface area contributed by atoms with Crippen molar-refractivity contribution in [2.24, 2.45) is 11.8 Å². The Morgan fingerprint density at radius 3 is 2.42 bits per heavy atom. The minimum atomic E-state index is -1.82. The Bertz CT molecular complexity index is 1060. The molecule has 1 saturated carbocycles. The van der Waals surface area contributed by atoms with E-state index < -0.39 is 11.9 Å². The Morgan fingerprint density at radius 2 is 1.75 bits per heavy atom. The zero-order valence-corrected chi connectivity index (χ0v) is 20.5. The number of nitrogens with one attached hydrogen (secondary N) is 1. The largest absolute Gasteiger partial charge is 0.493 e. The maximum absolute atomic E-state index is 11.8. The van der Waals surface area contributed by atoms with Crippen molar-refractivity contribution < 1.29 is 24.5 Å². The van der Waals surface area contributed by atoms with Crippen LogP contribution < -0.4 is 10.3 Å². The summed E-state index contributed by atoms with van der Waals surface area (Å²) in [6.45, 7) is 3.45. The number of carbonyl (C=O) groups is 2. The van der Waals surface area contributed by atoms with Crippen molar-refractivity contribution in [3.8, 4) is 5.75 Å². The highest BCUT2D eigenvalue weighted by molar-refractivity contribution is 6.27. The molecule has 0 unspecified atom stereocenters. The highest BCUT2D eigenvalue weighted by atomic mass is 16.5. The van der Waals surface area contributed by atoms with Gasteiger partial charge in [0.1, 0.15) is 11.4 Å². The molecular formula is C27H35N3O6. The molecule has 0 radical (unpaired) electrons. The third-order valence-electron chi connectivity index (χ3n) is 6.64. The van der Waals surface area contributed by atoms with Crippen LogP contribution in [0.3, 0.4) is 0 Å². The number of likely N-dealkylation sites (tertiary alicyclic amines) is 1. The number of H-pyrrole nitrogens is 1. The highest BCUT2D eigenvalue weighted by Gasteiger charge is 2.19. The van der Waals surface area contributed by atoms with Gasteiger partial charge >= 0.3 is 11.9 Å². The number of hydrogen-bond acceptors (Lipinski definition) is 6. The third-order valence-corrected chi connectivity index (χ3v) is 6.64. The molecule has 1 aliphatic carbocycles. The molecule has 36 heavy (non-hydrogen) atoms. The number of carboxylic acids is 2. The van der Waals surface area contributed by atoms with Gasteiger partial charge in [0.25, 0.3) is 5.56 Å². The van der Waals surface area contributed by atoms with Gasteiger partial charge in [-0.3, -0.25) is 14.7 Å². The first-order chi connectivity index (χ1) is 17.4. The Kier molecular flexibility index (Phi) is 10.7.